The van der Waals surface area contributed by atoms with E-state index >= 15 is 0 Å². The van der Waals surface area contributed by atoms with Crippen molar-refractivity contribution >= 4 is 5.91 Å². The predicted molar refractivity (Wildman–Crippen MR) is 74.4 cm³/mol. The number of aromatic nitrogens is 3. The topological polar surface area (TPSA) is 77.0 Å². The van der Waals surface area contributed by atoms with Crippen LogP contribution in [0.4, 0.5) is 0 Å². The maximum Gasteiger partial charge on any atom is 0.222 e. The third kappa shape index (κ3) is 4.63. The van der Waals surface area contributed by atoms with Crippen LogP contribution in [0.5, 0.6) is 0 Å². The van der Waals surface area contributed by atoms with E-state index in [0.717, 1.165) is 31.6 Å². The normalized spacial score (nSPS) is 12.4. The van der Waals surface area contributed by atoms with Crippen LogP contribution in [-0.4, -0.2) is 38.9 Å². The zero-order valence-corrected chi connectivity index (χ0v) is 12.2. The third-order valence-corrected chi connectivity index (χ3v) is 3.27. The number of hydrogen-bond acceptors (Lipinski definition) is 4. The summed E-state index contributed by atoms with van der Waals surface area (Å²) >= 11 is 0. The lowest BCUT2D eigenvalue weighted by Gasteiger charge is -2.18. The van der Waals surface area contributed by atoms with E-state index in [-0.39, 0.29) is 11.9 Å². The zero-order chi connectivity index (χ0) is 14.3. The molecule has 19 heavy (non-hydrogen) atoms. The first kappa shape index (κ1) is 15.6. The quantitative estimate of drug-likeness (QED) is 0.771. The molecule has 1 unspecified atom stereocenters. The van der Waals surface area contributed by atoms with Gasteiger partial charge in [-0.3, -0.25) is 9.48 Å². The molecule has 0 saturated heterocycles. The highest BCUT2D eigenvalue weighted by atomic mass is 16.2. The molecule has 0 saturated carbocycles. The summed E-state index contributed by atoms with van der Waals surface area (Å²) in [6.45, 7) is 8.26. The molecule has 0 aliphatic rings. The maximum absolute atomic E-state index is 11.8. The van der Waals surface area contributed by atoms with Crippen LogP contribution < -0.4 is 5.73 Å². The summed E-state index contributed by atoms with van der Waals surface area (Å²) in [6.07, 6.45) is 4.05. The van der Waals surface area contributed by atoms with Crippen molar-refractivity contribution in [3.05, 3.63) is 11.9 Å². The van der Waals surface area contributed by atoms with Crippen molar-refractivity contribution in [1.29, 1.82) is 0 Å². The lowest BCUT2D eigenvalue weighted by Crippen LogP contribution is -2.30. The zero-order valence-electron chi connectivity index (χ0n) is 12.2. The Balaban J connectivity index is 2.37. The summed E-state index contributed by atoms with van der Waals surface area (Å²) in [5.41, 5.74) is 6.70. The molecule has 1 amide bonds. The van der Waals surface area contributed by atoms with Crippen LogP contribution in [0.2, 0.25) is 0 Å². The minimum Gasteiger partial charge on any atom is -0.343 e. The number of aryl methyl sites for hydroxylation is 1. The van der Waals surface area contributed by atoms with E-state index < -0.39 is 0 Å². The second kappa shape index (κ2) is 7.89. The van der Waals surface area contributed by atoms with Crippen LogP contribution >= 0.6 is 0 Å². The first-order chi connectivity index (χ1) is 9.12. The third-order valence-electron chi connectivity index (χ3n) is 3.27. The fourth-order valence-corrected chi connectivity index (χ4v) is 1.93. The molecule has 108 valence electrons. The number of carbonyl (C=O) groups excluding carboxylic acids is 1. The molecule has 1 aromatic rings. The van der Waals surface area contributed by atoms with E-state index in [1.165, 1.54) is 0 Å². The van der Waals surface area contributed by atoms with Gasteiger partial charge in [0.25, 0.3) is 0 Å². The minimum atomic E-state index is -0.0499. The van der Waals surface area contributed by atoms with Gasteiger partial charge in [0.05, 0.1) is 17.9 Å². The molecule has 2 N–H and O–H groups in total. The largest absolute Gasteiger partial charge is 0.343 e. The van der Waals surface area contributed by atoms with E-state index in [1.807, 2.05) is 31.9 Å². The molecule has 0 bridgehead atoms. The Bertz CT molecular complexity index is 386. The molecule has 0 spiro atoms. The van der Waals surface area contributed by atoms with Crippen molar-refractivity contribution in [3.8, 4) is 0 Å². The summed E-state index contributed by atoms with van der Waals surface area (Å²) < 4.78 is 1.76. The van der Waals surface area contributed by atoms with Crippen molar-refractivity contribution in [3.63, 3.8) is 0 Å². The molecule has 6 nitrogen and oxygen atoms in total. The molecule has 0 aliphatic heterocycles. The van der Waals surface area contributed by atoms with Crippen molar-refractivity contribution in [1.82, 2.24) is 19.9 Å². The van der Waals surface area contributed by atoms with Crippen LogP contribution in [0.15, 0.2) is 6.20 Å². The number of rotatable bonds is 8. The Kier molecular flexibility index (Phi) is 6.49. The van der Waals surface area contributed by atoms with Crippen molar-refractivity contribution in [2.24, 2.45) is 5.73 Å². The lowest BCUT2D eigenvalue weighted by molar-refractivity contribution is -0.130. The van der Waals surface area contributed by atoms with E-state index in [1.54, 1.807) is 4.68 Å². The summed E-state index contributed by atoms with van der Waals surface area (Å²) in [6, 6.07) is -0.0499. The van der Waals surface area contributed by atoms with Crippen molar-refractivity contribution in [2.45, 2.75) is 52.6 Å². The van der Waals surface area contributed by atoms with Crippen LogP contribution in [-0.2, 0) is 11.3 Å². The van der Waals surface area contributed by atoms with Crippen LogP contribution in [0.25, 0.3) is 0 Å². The molecule has 1 aromatic heterocycles. The molecule has 6 heteroatoms. The van der Waals surface area contributed by atoms with Crippen molar-refractivity contribution < 1.29 is 4.79 Å². The average molecular weight is 267 g/mol. The predicted octanol–water partition coefficient (Wildman–Crippen LogP) is 1.34. The van der Waals surface area contributed by atoms with Crippen LogP contribution in [0, 0.1) is 0 Å². The molecular formula is C13H25N5O. The summed E-state index contributed by atoms with van der Waals surface area (Å²) in [7, 11) is 0. The second-order valence-corrected chi connectivity index (χ2v) is 4.59. The molecular weight excluding hydrogens is 242 g/mol. The Labute approximate surface area is 115 Å². The monoisotopic (exact) mass is 267 g/mol. The van der Waals surface area contributed by atoms with Gasteiger partial charge in [-0.2, -0.15) is 0 Å². The van der Waals surface area contributed by atoms with Crippen LogP contribution in [0.1, 0.15) is 51.8 Å². The molecule has 0 aliphatic carbocycles. The second-order valence-electron chi connectivity index (χ2n) is 4.59. The SMILES string of the molecule is CCC(N)c1cn(CCCC(=O)N(CC)CC)nn1. The van der Waals surface area contributed by atoms with Gasteiger partial charge in [-0.25, -0.2) is 0 Å². The smallest absolute Gasteiger partial charge is 0.222 e. The Hall–Kier alpha value is -1.43. The summed E-state index contributed by atoms with van der Waals surface area (Å²) in [5.74, 6) is 0.204. The Morgan fingerprint density at radius 2 is 2.11 bits per heavy atom. The first-order valence-electron chi connectivity index (χ1n) is 7.05. The molecule has 1 heterocycles. The van der Waals surface area contributed by atoms with E-state index in [2.05, 4.69) is 10.3 Å². The average Bonchev–Trinajstić information content (AvgIpc) is 2.88. The van der Waals surface area contributed by atoms with E-state index in [4.69, 9.17) is 5.73 Å². The van der Waals surface area contributed by atoms with Crippen LogP contribution in [0.3, 0.4) is 0 Å². The number of nitrogens with two attached hydrogens (primary N) is 1. The van der Waals surface area contributed by atoms with Gasteiger partial charge in [0.2, 0.25) is 5.91 Å². The highest BCUT2D eigenvalue weighted by Gasteiger charge is 2.10. The minimum absolute atomic E-state index is 0.0499. The van der Waals surface area contributed by atoms with Gasteiger partial charge in [-0.1, -0.05) is 12.1 Å². The molecule has 0 fully saturated rings. The lowest BCUT2D eigenvalue weighted by atomic mass is 10.2. The molecule has 0 radical (unpaired) electrons. The number of amides is 1. The number of carbonyl (C=O) groups is 1. The van der Waals surface area contributed by atoms with Crippen molar-refractivity contribution in [2.75, 3.05) is 13.1 Å². The van der Waals surface area contributed by atoms with Gasteiger partial charge in [-0.05, 0) is 26.7 Å². The fraction of sp³-hybridized carbons (Fsp3) is 0.769. The molecule has 1 rings (SSSR count). The van der Waals surface area contributed by atoms with Gasteiger partial charge in [0.15, 0.2) is 0 Å². The van der Waals surface area contributed by atoms with Gasteiger partial charge in [-0.15, -0.1) is 5.10 Å². The number of hydrogen-bond donors (Lipinski definition) is 1. The van der Waals surface area contributed by atoms with Gasteiger partial charge in [0, 0.05) is 26.1 Å². The highest BCUT2D eigenvalue weighted by molar-refractivity contribution is 5.75. The maximum atomic E-state index is 11.8. The van der Waals surface area contributed by atoms with E-state index in [0.29, 0.717) is 13.0 Å². The standard InChI is InChI=1S/C13H25N5O/c1-4-11(14)12-10-18(16-15-12)9-7-8-13(19)17(5-2)6-3/h10-11H,4-9,14H2,1-3H3. The highest BCUT2D eigenvalue weighted by Crippen LogP contribution is 2.09. The Morgan fingerprint density at radius 3 is 2.68 bits per heavy atom. The van der Waals surface area contributed by atoms with E-state index in [9.17, 15) is 4.79 Å². The number of nitrogens with zero attached hydrogens (tertiary/aromatic N) is 4. The summed E-state index contributed by atoms with van der Waals surface area (Å²) in [5, 5.41) is 8.07. The van der Waals surface area contributed by atoms with Gasteiger partial charge >= 0.3 is 0 Å². The fourth-order valence-electron chi connectivity index (χ4n) is 1.93. The molecule has 1 atom stereocenters. The first-order valence-corrected chi connectivity index (χ1v) is 7.05. The molecule has 0 aromatic carbocycles. The summed E-state index contributed by atoms with van der Waals surface area (Å²) in [4.78, 5) is 13.7. The van der Waals surface area contributed by atoms with Gasteiger partial charge < -0.3 is 10.6 Å². The Morgan fingerprint density at radius 1 is 1.42 bits per heavy atom. The van der Waals surface area contributed by atoms with Gasteiger partial charge in [0.1, 0.15) is 0 Å².